The summed E-state index contributed by atoms with van der Waals surface area (Å²) in [7, 11) is 0. The van der Waals surface area contributed by atoms with E-state index in [9.17, 15) is 15.3 Å². The molecule has 0 aromatic rings. The molecular weight excluding hydrogens is 372 g/mol. The van der Waals surface area contributed by atoms with Gasteiger partial charge in [0.2, 0.25) is 0 Å². The Morgan fingerprint density at radius 1 is 1.10 bits per heavy atom. The van der Waals surface area contributed by atoms with Gasteiger partial charge in [0.05, 0.1) is 17.3 Å². The number of aliphatic hydroxyl groups excluding tert-OH is 1. The van der Waals surface area contributed by atoms with Gasteiger partial charge in [0, 0.05) is 5.41 Å². The van der Waals surface area contributed by atoms with Crippen molar-refractivity contribution in [2.75, 3.05) is 0 Å². The summed E-state index contributed by atoms with van der Waals surface area (Å²) in [6.07, 6.45) is 13.0. The van der Waals surface area contributed by atoms with Gasteiger partial charge in [-0.25, -0.2) is 0 Å². The Labute approximate surface area is 184 Å². The number of aliphatic hydroxyl groups is 3. The van der Waals surface area contributed by atoms with Crippen LogP contribution in [-0.2, 0) is 0 Å². The molecule has 0 aromatic heterocycles. The number of hydrogen-bond acceptors (Lipinski definition) is 3. The number of hydrogen-bond donors (Lipinski definition) is 3. The molecule has 4 aliphatic carbocycles. The molecule has 3 heteroatoms. The van der Waals surface area contributed by atoms with Gasteiger partial charge in [0.25, 0.3) is 0 Å². The van der Waals surface area contributed by atoms with Crippen LogP contribution >= 0.6 is 0 Å². The van der Waals surface area contributed by atoms with E-state index < -0.39 is 11.2 Å². The van der Waals surface area contributed by atoms with Crippen molar-refractivity contribution in [3.05, 3.63) is 11.6 Å². The van der Waals surface area contributed by atoms with E-state index in [4.69, 9.17) is 0 Å². The van der Waals surface area contributed by atoms with Crippen molar-refractivity contribution in [2.24, 2.45) is 34.5 Å². The third kappa shape index (κ3) is 3.25. The summed E-state index contributed by atoms with van der Waals surface area (Å²) in [4.78, 5) is 0. The molecule has 0 bridgehead atoms. The van der Waals surface area contributed by atoms with Gasteiger partial charge in [-0.15, -0.1) is 0 Å². The zero-order valence-corrected chi connectivity index (χ0v) is 20.1. The minimum Gasteiger partial charge on any atom is -0.393 e. The van der Waals surface area contributed by atoms with E-state index in [1.54, 1.807) is 0 Å². The van der Waals surface area contributed by atoms with Crippen LogP contribution in [-0.4, -0.2) is 32.6 Å². The summed E-state index contributed by atoms with van der Waals surface area (Å²) in [5.74, 6) is 2.39. The first-order valence-corrected chi connectivity index (χ1v) is 12.8. The van der Waals surface area contributed by atoms with Crippen LogP contribution in [0, 0.1) is 34.5 Å². The smallest absolute Gasteiger partial charge is 0.0986 e. The van der Waals surface area contributed by atoms with Gasteiger partial charge < -0.3 is 15.3 Å². The minimum absolute atomic E-state index is 0.160. The second kappa shape index (κ2) is 7.59. The Morgan fingerprint density at radius 2 is 1.80 bits per heavy atom. The first-order valence-electron chi connectivity index (χ1n) is 12.8. The molecule has 4 rings (SSSR count). The zero-order chi connectivity index (χ0) is 21.9. The van der Waals surface area contributed by atoms with Crippen LogP contribution < -0.4 is 0 Å². The predicted octanol–water partition coefficient (Wildman–Crippen LogP) is 5.62. The fourth-order valence-corrected chi connectivity index (χ4v) is 8.60. The Hall–Kier alpha value is -0.380. The highest BCUT2D eigenvalue weighted by atomic mass is 16.4. The van der Waals surface area contributed by atoms with Crippen LogP contribution in [0.4, 0.5) is 0 Å². The fourth-order valence-electron chi connectivity index (χ4n) is 8.60. The normalized spacial score (nSPS) is 47.8. The highest BCUT2D eigenvalue weighted by Gasteiger charge is 2.68. The lowest BCUT2D eigenvalue weighted by Crippen LogP contribution is -2.63. The van der Waals surface area contributed by atoms with E-state index >= 15 is 0 Å². The standard InChI is InChI=1S/C27H46O3/c1-18(2)7-6-13-26(5,29)27(30)16-12-23-21-9-8-19-17-20(28)10-14-24(19,3)22(21)11-15-25(23,27)4/h8,18,20-23,28-30H,6-7,9-17H2,1-5H3/t20?,21?,22?,23?,24?,25?,26-,27-/m1/s1. The molecule has 172 valence electrons. The van der Waals surface area contributed by atoms with Crippen LogP contribution in [0.5, 0.6) is 0 Å². The maximum absolute atomic E-state index is 12.1. The quantitative estimate of drug-likeness (QED) is 0.508. The number of rotatable bonds is 5. The van der Waals surface area contributed by atoms with Crippen LogP contribution in [0.25, 0.3) is 0 Å². The zero-order valence-electron chi connectivity index (χ0n) is 20.1. The fraction of sp³-hybridized carbons (Fsp3) is 0.926. The van der Waals surface area contributed by atoms with E-state index in [1.807, 2.05) is 6.92 Å². The molecule has 30 heavy (non-hydrogen) atoms. The van der Waals surface area contributed by atoms with Gasteiger partial charge in [0.15, 0.2) is 0 Å². The number of fused-ring (bicyclic) bond motifs is 5. The van der Waals surface area contributed by atoms with Gasteiger partial charge in [-0.3, -0.25) is 0 Å². The van der Waals surface area contributed by atoms with Gasteiger partial charge in [-0.05, 0) is 93.8 Å². The maximum Gasteiger partial charge on any atom is 0.0986 e. The summed E-state index contributed by atoms with van der Waals surface area (Å²) in [5.41, 5.74) is -0.484. The third-order valence-electron chi connectivity index (χ3n) is 10.6. The van der Waals surface area contributed by atoms with Crippen molar-refractivity contribution < 1.29 is 15.3 Å². The largest absolute Gasteiger partial charge is 0.393 e. The molecule has 3 N–H and O–H groups in total. The monoisotopic (exact) mass is 418 g/mol. The van der Waals surface area contributed by atoms with E-state index in [-0.39, 0.29) is 16.9 Å². The predicted molar refractivity (Wildman–Crippen MR) is 122 cm³/mol. The highest BCUT2D eigenvalue weighted by Crippen LogP contribution is 2.68. The Balaban J connectivity index is 1.58. The first-order chi connectivity index (χ1) is 13.9. The molecule has 3 saturated carbocycles. The lowest BCUT2D eigenvalue weighted by Gasteiger charge is -2.60. The molecule has 3 nitrogen and oxygen atoms in total. The first kappa shape index (κ1) is 22.8. The van der Waals surface area contributed by atoms with Crippen LogP contribution in [0.15, 0.2) is 11.6 Å². The van der Waals surface area contributed by atoms with Crippen molar-refractivity contribution >= 4 is 0 Å². The average molecular weight is 419 g/mol. The lowest BCUT2D eigenvalue weighted by molar-refractivity contribution is -0.219. The highest BCUT2D eigenvalue weighted by molar-refractivity contribution is 5.27. The summed E-state index contributed by atoms with van der Waals surface area (Å²) in [5, 5.41) is 33.8. The van der Waals surface area contributed by atoms with Crippen LogP contribution in [0.1, 0.15) is 105 Å². The minimum atomic E-state index is -1.02. The third-order valence-corrected chi connectivity index (χ3v) is 10.6. The number of allylic oxidation sites excluding steroid dienone is 1. The van der Waals surface area contributed by atoms with Gasteiger partial charge >= 0.3 is 0 Å². The molecule has 0 aliphatic heterocycles. The Morgan fingerprint density at radius 3 is 2.50 bits per heavy atom. The van der Waals surface area contributed by atoms with Crippen molar-refractivity contribution in [2.45, 2.75) is 123 Å². The van der Waals surface area contributed by atoms with E-state index in [0.717, 1.165) is 64.2 Å². The van der Waals surface area contributed by atoms with Crippen molar-refractivity contribution in [1.29, 1.82) is 0 Å². The Kier molecular flexibility index (Phi) is 5.77. The molecule has 0 radical (unpaired) electrons. The Bertz CT molecular complexity index is 682. The summed E-state index contributed by atoms with van der Waals surface area (Å²) in [6.45, 7) is 11.1. The van der Waals surface area contributed by atoms with Crippen molar-refractivity contribution in [3.63, 3.8) is 0 Å². The van der Waals surface area contributed by atoms with Gasteiger partial charge in [-0.2, -0.15) is 0 Å². The molecule has 3 fully saturated rings. The molecular formula is C27H46O3. The summed E-state index contributed by atoms with van der Waals surface area (Å²) < 4.78 is 0. The molecule has 6 unspecified atom stereocenters. The molecule has 8 atom stereocenters. The SMILES string of the molecule is CC(C)CCC[C@@](C)(O)[C@@]1(O)CCC2C3CC=C4CC(O)CCC4(C)C3CCC21C. The summed E-state index contributed by atoms with van der Waals surface area (Å²) in [6, 6.07) is 0. The van der Waals surface area contributed by atoms with Crippen LogP contribution in [0.3, 0.4) is 0 Å². The molecule has 4 aliphatic rings. The summed E-state index contributed by atoms with van der Waals surface area (Å²) >= 11 is 0. The second-order valence-corrected chi connectivity index (χ2v) is 12.6. The van der Waals surface area contributed by atoms with E-state index in [0.29, 0.717) is 30.1 Å². The van der Waals surface area contributed by atoms with Crippen molar-refractivity contribution in [1.82, 2.24) is 0 Å². The van der Waals surface area contributed by atoms with E-state index in [1.165, 1.54) is 5.57 Å². The van der Waals surface area contributed by atoms with Gasteiger partial charge in [0.1, 0.15) is 0 Å². The molecule has 0 saturated heterocycles. The molecule has 0 aromatic carbocycles. The maximum atomic E-state index is 12.1. The second-order valence-electron chi connectivity index (χ2n) is 12.6. The molecule has 0 heterocycles. The van der Waals surface area contributed by atoms with Crippen molar-refractivity contribution in [3.8, 4) is 0 Å². The lowest BCUT2D eigenvalue weighted by atomic mass is 9.46. The van der Waals surface area contributed by atoms with E-state index in [2.05, 4.69) is 33.8 Å². The average Bonchev–Trinajstić information content (AvgIpc) is 2.95. The topological polar surface area (TPSA) is 60.7 Å². The van der Waals surface area contributed by atoms with Crippen LogP contribution in [0.2, 0.25) is 0 Å². The molecule has 0 amide bonds. The molecule has 0 spiro atoms. The van der Waals surface area contributed by atoms with Gasteiger partial charge in [-0.1, -0.05) is 52.2 Å².